The molecule has 4 N–H and O–H groups in total. The first kappa shape index (κ1) is 49.6. The van der Waals surface area contributed by atoms with E-state index in [4.69, 9.17) is 0 Å². The molecule has 0 aliphatic heterocycles. The van der Waals surface area contributed by atoms with Gasteiger partial charge in [0.25, 0.3) is 0 Å². The Balaban J connectivity index is 3.63. The number of hydrogen-bond acceptors (Lipinski definition) is 4. The van der Waals surface area contributed by atoms with Crippen LogP contribution in [-0.4, -0.2) is 46.1 Å². The molecule has 0 saturated heterocycles. The van der Waals surface area contributed by atoms with Crippen LogP contribution >= 0.6 is 0 Å². The van der Waals surface area contributed by atoms with Gasteiger partial charge in [-0.25, -0.2) is 0 Å². The number of aliphatic hydroxyl groups excluding tert-OH is 3. The zero-order chi connectivity index (χ0) is 37.3. The summed E-state index contributed by atoms with van der Waals surface area (Å²) in [5, 5.41) is 33.4. The first-order chi connectivity index (χ1) is 25.1. The van der Waals surface area contributed by atoms with Gasteiger partial charge in [0.15, 0.2) is 0 Å². The van der Waals surface area contributed by atoms with Gasteiger partial charge in [0.2, 0.25) is 5.91 Å². The van der Waals surface area contributed by atoms with E-state index in [-0.39, 0.29) is 12.5 Å². The van der Waals surface area contributed by atoms with E-state index in [9.17, 15) is 20.1 Å². The molecule has 0 aromatic rings. The van der Waals surface area contributed by atoms with Gasteiger partial charge < -0.3 is 20.6 Å². The highest BCUT2D eigenvalue weighted by molar-refractivity contribution is 5.76. The van der Waals surface area contributed by atoms with Crippen LogP contribution in [0, 0.1) is 0 Å². The van der Waals surface area contributed by atoms with E-state index in [1.54, 1.807) is 0 Å². The van der Waals surface area contributed by atoms with Crippen LogP contribution in [0.3, 0.4) is 0 Å². The van der Waals surface area contributed by atoms with Gasteiger partial charge in [-0.05, 0) is 77.0 Å². The molecule has 0 fully saturated rings. The van der Waals surface area contributed by atoms with E-state index in [1.165, 1.54) is 154 Å². The lowest BCUT2D eigenvalue weighted by atomic mass is 10.0. The molecule has 0 heterocycles. The van der Waals surface area contributed by atoms with Crippen molar-refractivity contribution in [3.8, 4) is 0 Å². The van der Waals surface area contributed by atoms with Crippen LogP contribution < -0.4 is 5.32 Å². The van der Waals surface area contributed by atoms with Crippen molar-refractivity contribution in [2.75, 3.05) is 6.61 Å². The average Bonchev–Trinajstić information content (AvgIpc) is 3.13. The van der Waals surface area contributed by atoms with Crippen molar-refractivity contribution >= 4 is 5.91 Å². The Bertz CT molecular complexity index is 794. The number of rotatable bonds is 40. The fraction of sp³-hybridized carbons (Fsp3) is 0.848. The lowest BCUT2D eigenvalue weighted by Crippen LogP contribution is -2.50. The molecule has 0 bridgehead atoms. The van der Waals surface area contributed by atoms with Crippen LogP contribution in [0.1, 0.15) is 226 Å². The van der Waals surface area contributed by atoms with Crippen molar-refractivity contribution < 1.29 is 20.1 Å². The first-order valence-electron chi connectivity index (χ1n) is 22.3. The van der Waals surface area contributed by atoms with Gasteiger partial charge in [-0.3, -0.25) is 4.79 Å². The van der Waals surface area contributed by atoms with Crippen LogP contribution in [0.4, 0.5) is 0 Å². The minimum absolute atomic E-state index is 0.162. The lowest BCUT2D eigenvalue weighted by Gasteiger charge is -2.26. The predicted octanol–water partition coefficient (Wildman–Crippen LogP) is 12.8. The Hall–Kier alpha value is -1.43. The molecule has 0 aromatic heterocycles. The summed E-state index contributed by atoms with van der Waals surface area (Å²) in [6.45, 7) is 4.14. The van der Waals surface area contributed by atoms with Gasteiger partial charge in [-0.1, -0.05) is 179 Å². The van der Waals surface area contributed by atoms with E-state index in [2.05, 4.69) is 55.6 Å². The Morgan fingerprint density at radius 1 is 0.471 bits per heavy atom. The smallest absolute Gasteiger partial charge is 0.220 e. The van der Waals surface area contributed by atoms with Gasteiger partial charge in [0.05, 0.1) is 18.8 Å². The zero-order valence-corrected chi connectivity index (χ0v) is 34.0. The maximum Gasteiger partial charge on any atom is 0.220 e. The summed E-state index contributed by atoms with van der Waals surface area (Å²) in [6.07, 6.45) is 51.2. The molecule has 0 aliphatic carbocycles. The monoisotopic (exact) mass is 718 g/mol. The molecule has 5 heteroatoms. The van der Waals surface area contributed by atoms with E-state index in [0.29, 0.717) is 12.8 Å². The summed E-state index contributed by atoms with van der Waals surface area (Å²) in [5.74, 6) is -0.162. The van der Waals surface area contributed by atoms with Crippen molar-refractivity contribution in [1.29, 1.82) is 0 Å². The number of allylic oxidation sites excluding steroid dienone is 6. The molecule has 1 amide bonds. The highest BCUT2D eigenvalue weighted by Crippen LogP contribution is 2.15. The van der Waals surface area contributed by atoms with Crippen molar-refractivity contribution in [1.82, 2.24) is 5.32 Å². The van der Waals surface area contributed by atoms with Crippen molar-refractivity contribution in [3.05, 3.63) is 36.5 Å². The lowest BCUT2D eigenvalue weighted by molar-refractivity contribution is -0.124. The maximum atomic E-state index is 12.4. The summed E-state index contributed by atoms with van der Waals surface area (Å²) in [4.78, 5) is 12.4. The molecule has 300 valence electrons. The predicted molar refractivity (Wildman–Crippen MR) is 222 cm³/mol. The van der Waals surface area contributed by atoms with E-state index in [0.717, 1.165) is 44.9 Å². The Kier molecular flexibility index (Phi) is 40.2. The molecular weight excluding hydrogens is 631 g/mol. The number of carbonyl (C=O) groups excluding carboxylic acids is 1. The van der Waals surface area contributed by atoms with Gasteiger partial charge in [-0.2, -0.15) is 0 Å². The molecule has 5 nitrogen and oxygen atoms in total. The second kappa shape index (κ2) is 41.3. The summed E-state index contributed by atoms with van der Waals surface area (Å²) in [5.41, 5.74) is 0. The average molecular weight is 718 g/mol. The fourth-order valence-electron chi connectivity index (χ4n) is 6.70. The molecule has 0 spiro atoms. The molecular formula is C46H87NO4. The maximum absolute atomic E-state index is 12.4. The van der Waals surface area contributed by atoms with E-state index >= 15 is 0 Å². The third-order valence-corrected chi connectivity index (χ3v) is 10.2. The molecule has 51 heavy (non-hydrogen) atoms. The number of aliphatic hydroxyl groups is 3. The molecule has 3 unspecified atom stereocenters. The quantitative estimate of drug-likeness (QED) is 0.0375. The highest BCUT2D eigenvalue weighted by atomic mass is 16.3. The van der Waals surface area contributed by atoms with Crippen LogP contribution in [0.2, 0.25) is 0 Å². The van der Waals surface area contributed by atoms with Crippen molar-refractivity contribution in [2.24, 2.45) is 0 Å². The van der Waals surface area contributed by atoms with Gasteiger partial charge in [-0.15, -0.1) is 0 Å². The largest absolute Gasteiger partial charge is 0.394 e. The summed E-state index contributed by atoms with van der Waals surface area (Å²) in [6, 6.07) is -0.832. The van der Waals surface area contributed by atoms with Crippen molar-refractivity contribution in [3.63, 3.8) is 0 Å². The topological polar surface area (TPSA) is 89.8 Å². The van der Waals surface area contributed by atoms with Crippen LogP contribution in [-0.2, 0) is 4.79 Å². The normalized spacial score (nSPS) is 13.9. The number of unbranched alkanes of at least 4 members (excludes halogenated alkanes) is 26. The Labute approximate surface area is 317 Å². The minimum Gasteiger partial charge on any atom is -0.394 e. The number of carbonyl (C=O) groups is 1. The van der Waals surface area contributed by atoms with E-state index in [1.807, 2.05) is 0 Å². The third-order valence-electron chi connectivity index (χ3n) is 10.2. The third kappa shape index (κ3) is 36.7. The second-order valence-electron chi connectivity index (χ2n) is 15.2. The Morgan fingerprint density at radius 2 is 0.804 bits per heavy atom. The highest BCUT2D eigenvalue weighted by Gasteiger charge is 2.26. The number of hydrogen-bond donors (Lipinski definition) is 4. The summed E-state index contributed by atoms with van der Waals surface area (Å²) >= 11 is 0. The molecule has 0 saturated carbocycles. The van der Waals surface area contributed by atoms with Crippen LogP contribution in [0.5, 0.6) is 0 Å². The second-order valence-corrected chi connectivity index (χ2v) is 15.2. The Morgan fingerprint density at radius 3 is 1.22 bits per heavy atom. The van der Waals surface area contributed by atoms with Gasteiger partial charge in [0, 0.05) is 6.42 Å². The molecule has 0 aliphatic rings. The molecule has 0 radical (unpaired) electrons. The van der Waals surface area contributed by atoms with Crippen molar-refractivity contribution in [2.45, 2.75) is 244 Å². The summed E-state index contributed by atoms with van der Waals surface area (Å²) < 4.78 is 0. The fourth-order valence-corrected chi connectivity index (χ4v) is 6.70. The first-order valence-corrected chi connectivity index (χ1v) is 22.3. The SMILES string of the molecule is CCCCCC/C=C/CC/C=C/CCCC(O)C(O)C(CO)NC(=O)CCCCCCCCCC/C=C\CCCCCCCCCCCCCC. The standard InChI is InChI=1S/C46H87NO4/c1-3-5-7-9-11-13-15-17-18-19-20-21-22-23-24-25-26-27-29-31-33-35-37-39-41-45(50)47-43(42-48)46(51)44(49)40-38-36-34-32-30-28-16-14-12-10-8-6-4-2/h14,16,23-24,32,34,43-44,46,48-49,51H,3-13,15,17-22,25-31,33,35-42H2,1-2H3,(H,47,50)/b16-14+,24-23-,34-32+. The van der Waals surface area contributed by atoms with Gasteiger partial charge in [0.1, 0.15) is 6.10 Å². The molecule has 0 aromatic carbocycles. The number of nitrogens with one attached hydrogen (secondary N) is 1. The minimum atomic E-state index is -1.17. The molecule has 3 atom stereocenters. The zero-order valence-electron chi connectivity index (χ0n) is 34.0. The van der Waals surface area contributed by atoms with Crippen LogP contribution in [0.25, 0.3) is 0 Å². The summed E-state index contributed by atoms with van der Waals surface area (Å²) in [7, 11) is 0. The van der Waals surface area contributed by atoms with Gasteiger partial charge >= 0.3 is 0 Å². The number of amides is 1. The molecule has 0 rings (SSSR count). The van der Waals surface area contributed by atoms with E-state index < -0.39 is 18.2 Å². The van der Waals surface area contributed by atoms with Crippen LogP contribution in [0.15, 0.2) is 36.5 Å².